The Morgan fingerprint density at radius 2 is 1.12 bits per heavy atom. The molecule has 2 unspecified atom stereocenters. The van der Waals surface area contributed by atoms with E-state index in [1.165, 1.54) is 16.4 Å². The molecular formula is C22H31BSi2. The van der Waals surface area contributed by atoms with Crippen LogP contribution in [-0.2, 0) is 0 Å². The molecule has 0 N–H and O–H groups in total. The number of hydrogen-bond acceptors (Lipinski definition) is 0. The van der Waals surface area contributed by atoms with Gasteiger partial charge in [0.2, 0.25) is 6.71 Å². The Morgan fingerprint density at radius 1 is 0.680 bits per heavy atom. The maximum absolute atomic E-state index is 2.56. The van der Waals surface area contributed by atoms with E-state index in [9.17, 15) is 0 Å². The van der Waals surface area contributed by atoms with E-state index in [1.54, 1.807) is 0 Å². The topological polar surface area (TPSA) is 0 Å². The lowest BCUT2D eigenvalue weighted by molar-refractivity contribution is 1.29. The average molecular weight is 362 g/mol. The van der Waals surface area contributed by atoms with E-state index < -0.39 is 16.1 Å². The fraction of sp³-hybridized carbons (Fsp3) is 0.364. The second kappa shape index (κ2) is 6.77. The average Bonchev–Trinajstić information content (AvgIpc) is 3.17. The molecule has 3 rings (SSSR count). The van der Waals surface area contributed by atoms with Crippen LogP contribution in [0.3, 0.4) is 0 Å². The van der Waals surface area contributed by atoms with Crippen molar-refractivity contribution in [2.24, 2.45) is 0 Å². The van der Waals surface area contributed by atoms with Crippen molar-refractivity contribution in [1.82, 2.24) is 0 Å². The van der Waals surface area contributed by atoms with Gasteiger partial charge in [-0.25, -0.2) is 0 Å². The Hall–Kier alpha value is -1.32. The fourth-order valence-corrected chi connectivity index (χ4v) is 6.48. The lowest BCUT2D eigenvalue weighted by Gasteiger charge is -2.22. The van der Waals surface area contributed by atoms with Crippen molar-refractivity contribution < 1.29 is 0 Å². The van der Waals surface area contributed by atoms with Crippen LogP contribution in [0.4, 0.5) is 0 Å². The largest absolute Gasteiger partial charge is 0.240 e. The van der Waals surface area contributed by atoms with Gasteiger partial charge in [0.1, 0.15) is 0 Å². The third-order valence-corrected chi connectivity index (χ3v) is 10.3. The molecule has 1 aromatic rings. The van der Waals surface area contributed by atoms with Gasteiger partial charge in [-0.1, -0.05) is 122 Å². The monoisotopic (exact) mass is 362 g/mol. The van der Waals surface area contributed by atoms with E-state index in [2.05, 4.69) is 106 Å². The minimum Gasteiger partial charge on any atom is -0.0850 e. The molecule has 0 heterocycles. The molecule has 0 bridgehead atoms. The molecule has 0 spiro atoms. The quantitative estimate of drug-likeness (QED) is 0.574. The summed E-state index contributed by atoms with van der Waals surface area (Å²) in [6.07, 6.45) is 14.8. The maximum atomic E-state index is 2.56. The second-order valence-electron chi connectivity index (χ2n) is 9.68. The predicted octanol–water partition coefficient (Wildman–Crippen LogP) is 5.88. The molecule has 0 nitrogen and oxygen atoms in total. The minimum atomic E-state index is -1.19. The van der Waals surface area contributed by atoms with E-state index in [0.717, 1.165) is 0 Å². The Kier molecular flexibility index (Phi) is 5.00. The van der Waals surface area contributed by atoms with Gasteiger partial charge in [-0.15, -0.1) is 0 Å². The normalized spacial score (nSPS) is 23.0. The lowest BCUT2D eigenvalue weighted by Crippen LogP contribution is -2.34. The van der Waals surface area contributed by atoms with Crippen LogP contribution in [0, 0.1) is 0 Å². The molecule has 0 radical (unpaired) electrons. The first-order valence-corrected chi connectivity index (χ1v) is 16.7. The number of rotatable bonds is 5. The summed E-state index contributed by atoms with van der Waals surface area (Å²) in [4.78, 5) is 0. The van der Waals surface area contributed by atoms with Crippen molar-refractivity contribution in [1.29, 1.82) is 0 Å². The highest BCUT2D eigenvalue weighted by atomic mass is 28.3. The number of allylic oxidation sites excluding steroid dienone is 8. The summed E-state index contributed by atoms with van der Waals surface area (Å²) in [5.74, 6) is 0. The van der Waals surface area contributed by atoms with Crippen LogP contribution in [0.1, 0.15) is 0 Å². The van der Waals surface area contributed by atoms with Crippen LogP contribution < -0.4 is 5.46 Å². The van der Waals surface area contributed by atoms with E-state index in [4.69, 9.17) is 0 Å². The number of benzene rings is 1. The molecule has 0 saturated heterocycles. The molecule has 0 amide bonds. The highest BCUT2D eigenvalue weighted by Crippen LogP contribution is 2.36. The van der Waals surface area contributed by atoms with Gasteiger partial charge in [0, 0.05) is 0 Å². The summed E-state index contributed by atoms with van der Waals surface area (Å²) in [7, 11) is -2.38. The molecule has 0 saturated carbocycles. The van der Waals surface area contributed by atoms with Gasteiger partial charge in [0.05, 0.1) is 16.1 Å². The zero-order chi connectivity index (χ0) is 18.2. The highest BCUT2D eigenvalue weighted by molar-refractivity contribution is 6.88. The molecule has 0 aliphatic heterocycles. The minimum absolute atomic E-state index is 0.386. The third-order valence-electron chi connectivity index (χ3n) is 5.54. The Bertz CT molecular complexity index is 696. The van der Waals surface area contributed by atoms with Gasteiger partial charge in [-0.2, -0.15) is 0 Å². The van der Waals surface area contributed by atoms with E-state index in [-0.39, 0.29) is 0 Å². The molecule has 25 heavy (non-hydrogen) atoms. The zero-order valence-electron chi connectivity index (χ0n) is 16.6. The molecule has 0 aromatic heterocycles. The predicted molar refractivity (Wildman–Crippen MR) is 120 cm³/mol. The van der Waals surface area contributed by atoms with Gasteiger partial charge in [0.15, 0.2) is 0 Å². The summed E-state index contributed by atoms with van der Waals surface area (Å²) < 4.78 is 0. The van der Waals surface area contributed by atoms with Gasteiger partial charge < -0.3 is 0 Å². The highest BCUT2D eigenvalue weighted by Gasteiger charge is 2.34. The van der Waals surface area contributed by atoms with Crippen molar-refractivity contribution in [3.63, 3.8) is 0 Å². The molecule has 3 heteroatoms. The lowest BCUT2D eigenvalue weighted by atomic mass is 9.36. The molecule has 1 aromatic carbocycles. The SMILES string of the molecule is C[Si](C)(C)C1C=CC(B(C2=CC([Si](C)(C)C)C=C2)c2ccccc2)=C1. The van der Waals surface area contributed by atoms with Crippen LogP contribution in [-0.4, -0.2) is 22.9 Å². The summed E-state index contributed by atoms with van der Waals surface area (Å²) in [5, 5.41) is 0. The summed E-state index contributed by atoms with van der Waals surface area (Å²) >= 11 is 0. The third kappa shape index (κ3) is 4.09. The van der Waals surface area contributed by atoms with Crippen molar-refractivity contribution in [3.8, 4) is 0 Å². The fourth-order valence-electron chi connectivity index (χ4n) is 3.75. The molecule has 2 atom stereocenters. The Morgan fingerprint density at radius 3 is 1.48 bits per heavy atom. The van der Waals surface area contributed by atoms with Gasteiger partial charge in [-0.3, -0.25) is 0 Å². The van der Waals surface area contributed by atoms with Gasteiger partial charge in [0.25, 0.3) is 0 Å². The molecule has 0 fully saturated rings. The first-order chi connectivity index (χ1) is 11.7. The van der Waals surface area contributed by atoms with Crippen molar-refractivity contribution in [2.45, 2.75) is 50.4 Å². The van der Waals surface area contributed by atoms with Crippen LogP contribution in [0.5, 0.6) is 0 Å². The van der Waals surface area contributed by atoms with E-state index >= 15 is 0 Å². The van der Waals surface area contributed by atoms with E-state index in [1.807, 2.05) is 0 Å². The molecule has 2 aliphatic carbocycles. The summed E-state index contributed by atoms with van der Waals surface area (Å²) in [6, 6.07) is 11.0. The first kappa shape index (κ1) is 18.5. The van der Waals surface area contributed by atoms with Gasteiger partial charge in [-0.05, 0) is 11.1 Å². The van der Waals surface area contributed by atoms with Crippen LogP contribution >= 0.6 is 0 Å². The van der Waals surface area contributed by atoms with Crippen LogP contribution in [0.25, 0.3) is 0 Å². The standard InChI is InChI=1S/C22H31BSi2/c1-24(2,3)21-14-12-19(16-21)23(18-10-8-7-9-11-18)20-13-15-22(17-20)25(4,5)6/h7-17,21-22H,1-6H3. The zero-order valence-corrected chi connectivity index (χ0v) is 18.6. The second-order valence-corrected chi connectivity index (χ2v) is 20.5. The van der Waals surface area contributed by atoms with Gasteiger partial charge >= 0.3 is 0 Å². The van der Waals surface area contributed by atoms with E-state index in [0.29, 0.717) is 17.8 Å². The van der Waals surface area contributed by atoms with Crippen LogP contribution in [0.15, 0.2) is 77.7 Å². The molecule has 130 valence electrons. The Labute approximate surface area is 156 Å². The van der Waals surface area contributed by atoms with Crippen molar-refractivity contribution in [3.05, 3.63) is 77.7 Å². The maximum Gasteiger partial charge on any atom is 0.240 e. The molecule has 2 aliphatic rings. The van der Waals surface area contributed by atoms with Crippen molar-refractivity contribution >= 4 is 28.3 Å². The number of hydrogen-bond donors (Lipinski definition) is 0. The molecular weight excluding hydrogens is 331 g/mol. The first-order valence-electron chi connectivity index (χ1n) is 9.51. The smallest absolute Gasteiger partial charge is 0.0850 e. The van der Waals surface area contributed by atoms with Crippen molar-refractivity contribution in [2.75, 3.05) is 0 Å². The summed E-state index contributed by atoms with van der Waals surface area (Å²) in [6.45, 7) is 15.2. The summed E-state index contributed by atoms with van der Waals surface area (Å²) in [5.41, 5.74) is 5.72. The Balaban J connectivity index is 2.00. The van der Waals surface area contributed by atoms with Crippen LogP contribution in [0.2, 0.25) is 50.4 Å².